The van der Waals surface area contributed by atoms with Gasteiger partial charge in [0.15, 0.2) is 0 Å². The number of piperazine rings is 1. The third kappa shape index (κ3) is 3.78. The largest absolute Gasteiger partial charge is 0.346 e. The molecule has 8 nitrogen and oxygen atoms in total. The molecule has 0 bridgehead atoms. The Labute approximate surface area is 123 Å². The smallest absolute Gasteiger partial charge is 0.252 e. The van der Waals surface area contributed by atoms with Crippen molar-refractivity contribution < 1.29 is 19.2 Å². The maximum Gasteiger partial charge on any atom is 0.252 e. The number of nitrogens with two attached hydrogens (primary N) is 1. The Morgan fingerprint density at radius 1 is 1.38 bits per heavy atom. The predicted molar refractivity (Wildman–Crippen MR) is 74.8 cm³/mol. The van der Waals surface area contributed by atoms with E-state index in [1.165, 1.54) is 13.8 Å². The number of hydrogen-bond donors (Lipinski definition) is 3. The summed E-state index contributed by atoms with van der Waals surface area (Å²) in [5.41, 5.74) is 4.52. The molecule has 118 valence electrons. The van der Waals surface area contributed by atoms with E-state index >= 15 is 0 Å². The van der Waals surface area contributed by atoms with Gasteiger partial charge >= 0.3 is 0 Å². The Balaban J connectivity index is 2.68. The summed E-state index contributed by atoms with van der Waals surface area (Å²) < 4.78 is 0. The van der Waals surface area contributed by atoms with Crippen LogP contribution in [0, 0.1) is 5.92 Å². The number of nitrogens with zero attached hydrogens (tertiary/aromatic N) is 1. The van der Waals surface area contributed by atoms with Crippen LogP contribution in [-0.2, 0) is 19.2 Å². The molecule has 1 heterocycles. The highest BCUT2D eigenvalue weighted by atomic mass is 16.2. The van der Waals surface area contributed by atoms with E-state index in [0.29, 0.717) is 0 Å². The van der Waals surface area contributed by atoms with Crippen molar-refractivity contribution in [3.05, 3.63) is 0 Å². The number of imide groups is 1. The molecule has 1 fully saturated rings. The molecule has 1 aliphatic heterocycles. The van der Waals surface area contributed by atoms with E-state index in [2.05, 4.69) is 10.6 Å². The Bertz CT molecular complexity index is 473. The van der Waals surface area contributed by atoms with Crippen molar-refractivity contribution in [1.82, 2.24) is 15.5 Å². The van der Waals surface area contributed by atoms with Gasteiger partial charge in [-0.2, -0.15) is 0 Å². The SMILES string of the molecule is CC(C)[C@H](N)C(=O)NCC(=O)N1CC(=O)NC(=O)C1(C)C. The Kier molecular flexibility index (Phi) is 5.06. The van der Waals surface area contributed by atoms with E-state index in [1.807, 2.05) is 0 Å². The van der Waals surface area contributed by atoms with Gasteiger partial charge in [-0.3, -0.25) is 24.5 Å². The number of carbonyl (C=O) groups excluding carboxylic acids is 4. The second-order valence-electron chi connectivity index (χ2n) is 5.90. The first-order chi connectivity index (χ1) is 9.57. The van der Waals surface area contributed by atoms with Crippen LogP contribution in [0.15, 0.2) is 0 Å². The van der Waals surface area contributed by atoms with Crippen molar-refractivity contribution in [2.45, 2.75) is 39.3 Å². The molecule has 4 N–H and O–H groups in total. The molecular formula is C13H22N4O4. The van der Waals surface area contributed by atoms with Crippen LogP contribution >= 0.6 is 0 Å². The normalized spacial score (nSPS) is 19.2. The van der Waals surface area contributed by atoms with Gasteiger partial charge in [0.05, 0.1) is 12.6 Å². The molecule has 0 radical (unpaired) electrons. The zero-order chi connectivity index (χ0) is 16.4. The monoisotopic (exact) mass is 298 g/mol. The molecule has 0 unspecified atom stereocenters. The molecule has 8 heteroatoms. The average molecular weight is 298 g/mol. The van der Waals surface area contributed by atoms with E-state index in [0.717, 1.165) is 4.90 Å². The summed E-state index contributed by atoms with van der Waals surface area (Å²) in [5, 5.41) is 4.60. The molecule has 21 heavy (non-hydrogen) atoms. The molecule has 0 aliphatic carbocycles. The van der Waals surface area contributed by atoms with E-state index in [4.69, 9.17) is 5.73 Å². The topological polar surface area (TPSA) is 122 Å². The lowest BCUT2D eigenvalue weighted by molar-refractivity contribution is -0.155. The summed E-state index contributed by atoms with van der Waals surface area (Å²) in [6.45, 7) is 6.14. The summed E-state index contributed by atoms with van der Waals surface area (Å²) in [5.74, 6) is -2.09. The van der Waals surface area contributed by atoms with Crippen LogP contribution in [0.1, 0.15) is 27.7 Å². The van der Waals surface area contributed by atoms with E-state index < -0.39 is 35.2 Å². The molecule has 0 aromatic rings. The first kappa shape index (κ1) is 17.1. The summed E-state index contributed by atoms with van der Waals surface area (Å²) >= 11 is 0. The number of nitrogens with one attached hydrogen (secondary N) is 2. The first-order valence-electron chi connectivity index (χ1n) is 6.75. The molecule has 0 spiro atoms. The van der Waals surface area contributed by atoms with Gasteiger partial charge in [-0.1, -0.05) is 13.8 Å². The lowest BCUT2D eigenvalue weighted by Gasteiger charge is -2.40. The van der Waals surface area contributed by atoms with Crippen molar-refractivity contribution in [2.75, 3.05) is 13.1 Å². The molecule has 4 amide bonds. The summed E-state index contributed by atoms with van der Waals surface area (Å²) in [4.78, 5) is 48.1. The minimum atomic E-state index is -1.14. The summed E-state index contributed by atoms with van der Waals surface area (Å²) in [7, 11) is 0. The predicted octanol–water partition coefficient (Wildman–Crippen LogP) is -1.65. The van der Waals surface area contributed by atoms with E-state index in [-0.39, 0.29) is 19.0 Å². The molecule has 0 aromatic carbocycles. The minimum Gasteiger partial charge on any atom is -0.346 e. The highest BCUT2D eigenvalue weighted by molar-refractivity contribution is 6.06. The third-order valence-electron chi connectivity index (χ3n) is 3.52. The molecule has 1 aliphatic rings. The maximum absolute atomic E-state index is 12.1. The van der Waals surface area contributed by atoms with Crippen LogP contribution in [-0.4, -0.2) is 53.2 Å². The average Bonchev–Trinajstić information content (AvgIpc) is 2.39. The quantitative estimate of drug-likeness (QED) is 0.537. The number of hydrogen-bond acceptors (Lipinski definition) is 5. The van der Waals surface area contributed by atoms with Crippen molar-refractivity contribution in [2.24, 2.45) is 11.7 Å². The van der Waals surface area contributed by atoms with Crippen LogP contribution in [0.3, 0.4) is 0 Å². The van der Waals surface area contributed by atoms with Crippen molar-refractivity contribution in [3.63, 3.8) is 0 Å². The molecule has 0 saturated carbocycles. The Hall–Kier alpha value is -1.96. The van der Waals surface area contributed by atoms with Gasteiger partial charge in [0.2, 0.25) is 17.7 Å². The standard InChI is InChI=1S/C13H22N4O4/c1-7(2)10(14)11(20)15-5-9(19)17-6-8(18)16-12(21)13(17,3)4/h7,10H,5-6,14H2,1-4H3,(H,15,20)(H,16,18,21)/t10-/m0/s1. The van der Waals surface area contributed by atoms with Crippen LogP contribution < -0.4 is 16.4 Å². The highest BCUT2D eigenvalue weighted by Crippen LogP contribution is 2.17. The first-order valence-corrected chi connectivity index (χ1v) is 6.75. The zero-order valence-electron chi connectivity index (χ0n) is 12.7. The molecule has 1 saturated heterocycles. The fraction of sp³-hybridized carbons (Fsp3) is 0.692. The summed E-state index contributed by atoms with van der Waals surface area (Å²) in [6, 6.07) is -0.711. The van der Waals surface area contributed by atoms with Crippen molar-refractivity contribution in [3.8, 4) is 0 Å². The van der Waals surface area contributed by atoms with Gasteiger partial charge < -0.3 is 16.0 Å². The lowest BCUT2D eigenvalue weighted by Crippen LogP contribution is -2.66. The number of carbonyl (C=O) groups is 4. The van der Waals surface area contributed by atoms with Crippen molar-refractivity contribution >= 4 is 23.6 Å². The molecule has 1 rings (SSSR count). The molecule has 0 aromatic heterocycles. The van der Waals surface area contributed by atoms with Gasteiger partial charge in [0.25, 0.3) is 5.91 Å². The van der Waals surface area contributed by atoms with Crippen LogP contribution in [0.5, 0.6) is 0 Å². The van der Waals surface area contributed by atoms with Gasteiger partial charge in [0.1, 0.15) is 12.1 Å². The van der Waals surface area contributed by atoms with E-state index in [1.54, 1.807) is 13.8 Å². The lowest BCUT2D eigenvalue weighted by atomic mass is 9.98. The second-order valence-corrected chi connectivity index (χ2v) is 5.90. The molecule has 1 atom stereocenters. The van der Waals surface area contributed by atoms with Crippen LogP contribution in [0.2, 0.25) is 0 Å². The Morgan fingerprint density at radius 3 is 2.48 bits per heavy atom. The minimum absolute atomic E-state index is 0.0566. The number of amides is 4. The highest BCUT2D eigenvalue weighted by Gasteiger charge is 2.43. The van der Waals surface area contributed by atoms with Crippen molar-refractivity contribution in [1.29, 1.82) is 0 Å². The zero-order valence-corrected chi connectivity index (χ0v) is 12.7. The van der Waals surface area contributed by atoms with Gasteiger partial charge in [-0.05, 0) is 19.8 Å². The number of rotatable bonds is 4. The second kappa shape index (κ2) is 6.21. The Morgan fingerprint density at radius 2 is 1.95 bits per heavy atom. The van der Waals surface area contributed by atoms with E-state index in [9.17, 15) is 19.2 Å². The van der Waals surface area contributed by atoms with Gasteiger partial charge in [-0.15, -0.1) is 0 Å². The van der Waals surface area contributed by atoms with Gasteiger partial charge in [-0.25, -0.2) is 0 Å². The summed E-state index contributed by atoms with van der Waals surface area (Å²) in [6.07, 6.45) is 0. The maximum atomic E-state index is 12.1. The van der Waals surface area contributed by atoms with Crippen LogP contribution in [0.25, 0.3) is 0 Å². The van der Waals surface area contributed by atoms with Crippen LogP contribution in [0.4, 0.5) is 0 Å². The fourth-order valence-corrected chi connectivity index (χ4v) is 1.86. The molecular weight excluding hydrogens is 276 g/mol. The van der Waals surface area contributed by atoms with Gasteiger partial charge in [0, 0.05) is 0 Å². The fourth-order valence-electron chi connectivity index (χ4n) is 1.86. The third-order valence-corrected chi connectivity index (χ3v) is 3.52.